The molecule has 0 radical (unpaired) electrons. The van der Waals surface area contributed by atoms with Crippen LogP contribution in [0, 0.1) is 0 Å². The van der Waals surface area contributed by atoms with E-state index in [9.17, 15) is 9.59 Å². The highest BCUT2D eigenvalue weighted by atomic mass is 16.1. The third-order valence-corrected chi connectivity index (χ3v) is 4.26. The van der Waals surface area contributed by atoms with Gasteiger partial charge in [-0.05, 0) is 30.3 Å². The maximum atomic E-state index is 12.5. The van der Waals surface area contributed by atoms with Crippen molar-refractivity contribution in [1.82, 2.24) is 20.1 Å². The molecule has 2 N–H and O–H groups in total. The summed E-state index contributed by atoms with van der Waals surface area (Å²) in [5.41, 5.74) is 2.08. The first-order valence-electron chi connectivity index (χ1n) is 7.94. The number of hydrogen-bond acceptors (Lipinski definition) is 3. The number of H-pyrrole nitrogens is 1. The average molecular weight is 332 g/mol. The van der Waals surface area contributed by atoms with Crippen molar-refractivity contribution in [2.75, 3.05) is 0 Å². The van der Waals surface area contributed by atoms with E-state index in [-0.39, 0.29) is 18.0 Å². The molecule has 6 nitrogen and oxygen atoms in total. The largest absolute Gasteiger partial charge is 0.361 e. The number of aryl methyl sites for hydroxylation is 1. The smallest absolute Gasteiger partial charge is 0.274 e. The normalized spacial score (nSPS) is 11.1. The molecule has 2 aromatic carbocycles. The minimum Gasteiger partial charge on any atom is -0.361 e. The summed E-state index contributed by atoms with van der Waals surface area (Å²) in [5, 5.41) is 9.51. The highest BCUT2D eigenvalue weighted by Gasteiger charge is 2.11. The van der Waals surface area contributed by atoms with E-state index in [0.717, 1.165) is 16.3 Å². The van der Waals surface area contributed by atoms with E-state index in [1.807, 2.05) is 42.6 Å². The number of nitrogens with one attached hydrogen (secondary N) is 2. The molecule has 0 aliphatic carbocycles. The van der Waals surface area contributed by atoms with E-state index < -0.39 is 0 Å². The van der Waals surface area contributed by atoms with Crippen LogP contribution in [0.3, 0.4) is 0 Å². The fourth-order valence-electron chi connectivity index (χ4n) is 2.97. The van der Waals surface area contributed by atoms with Crippen LogP contribution in [-0.4, -0.2) is 20.7 Å². The Morgan fingerprint density at radius 2 is 1.96 bits per heavy atom. The van der Waals surface area contributed by atoms with Crippen molar-refractivity contribution in [2.24, 2.45) is 7.05 Å². The maximum absolute atomic E-state index is 12.5. The number of carbonyl (C=O) groups is 1. The van der Waals surface area contributed by atoms with Gasteiger partial charge in [-0.25, -0.2) is 4.68 Å². The van der Waals surface area contributed by atoms with Crippen LogP contribution in [0.2, 0.25) is 0 Å². The molecule has 1 amide bonds. The first kappa shape index (κ1) is 15.1. The molecule has 124 valence electrons. The van der Waals surface area contributed by atoms with Crippen LogP contribution >= 0.6 is 0 Å². The Balaban J connectivity index is 1.62. The molecule has 0 fully saturated rings. The number of nitrogens with zero attached hydrogens (tertiary/aromatic N) is 2. The molecule has 0 saturated carbocycles. The van der Waals surface area contributed by atoms with Crippen molar-refractivity contribution in [1.29, 1.82) is 0 Å². The molecule has 0 bridgehead atoms. The summed E-state index contributed by atoms with van der Waals surface area (Å²) in [6, 6.07) is 14.7. The predicted octanol–water partition coefficient (Wildman–Crippen LogP) is 2.34. The molecule has 4 aromatic rings. The van der Waals surface area contributed by atoms with Gasteiger partial charge in [0.25, 0.3) is 11.5 Å². The number of fused-ring (bicyclic) bond motifs is 2. The van der Waals surface area contributed by atoms with Crippen molar-refractivity contribution >= 4 is 27.6 Å². The third-order valence-electron chi connectivity index (χ3n) is 4.26. The van der Waals surface area contributed by atoms with E-state index in [1.54, 1.807) is 19.2 Å². The van der Waals surface area contributed by atoms with Gasteiger partial charge < -0.3 is 10.3 Å². The van der Waals surface area contributed by atoms with E-state index in [4.69, 9.17) is 0 Å². The molecular formula is C19H16N4O2. The zero-order valence-corrected chi connectivity index (χ0v) is 13.6. The van der Waals surface area contributed by atoms with Crippen molar-refractivity contribution in [3.8, 4) is 0 Å². The van der Waals surface area contributed by atoms with Crippen LogP contribution < -0.4 is 10.9 Å². The second-order valence-corrected chi connectivity index (χ2v) is 5.88. The molecule has 2 heterocycles. The van der Waals surface area contributed by atoms with Gasteiger partial charge in [-0.1, -0.05) is 18.2 Å². The van der Waals surface area contributed by atoms with Gasteiger partial charge in [0.1, 0.15) is 0 Å². The lowest BCUT2D eigenvalue weighted by molar-refractivity contribution is 0.0950. The van der Waals surface area contributed by atoms with Crippen LogP contribution in [0.25, 0.3) is 21.7 Å². The summed E-state index contributed by atoms with van der Waals surface area (Å²) in [6.45, 7) is 0.249. The lowest BCUT2D eigenvalue weighted by Crippen LogP contribution is -2.27. The molecular weight excluding hydrogens is 316 g/mol. The summed E-state index contributed by atoms with van der Waals surface area (Å²) < 4.78 is 1.30. The van der Waals surface area contributed by atoms with Crippen molar-refractivity contribution in [3.63, 3.8) is 0 Å². The summed E-state index contributed by atoms with van der Waals surface area (Å²) >= 11 is 0. The molecule has 0 saturated heterocycles. The van der Waals surface area contributed by atoms with Gasteiger partial charge in [0.15, 0.2) is 0 Å². The Morgan fingerprint density at radius 1 is 1.16 bits per heavy atom. The van der Waals surface area contributed by atoms with E-state index in [1.165, 1.54) is 4.68 Å². The van der Waals surface area contributed by atoms with Gasteiger partial charge in [-0.2, -0.15) is 5.10 Å². The minimum absolute atomic E-state index is 0.149. The highest BCUT2D eigenvalue weighted by Crippen LogP contribution is 2.15. The quantitative estimate of drug-likeness (QED) is 0.604. The molecule has 0 aliphatic heterocycles. The average Bonchev–Trinajstić information content (AvgIpc) is 3.11. The lowest BCUT2D eigenvalue weighted by atomic mass is 10.1. The van der Waals surface area contributed by atoms with Crippen molar-refractivity contribution < 1.29 is 4.79 Å². The maximum Gasteiger partial charge on any atom is 0.274 e. The van der Waals surface area contributed by atoms with E-state index in [0.29, 0.717) is 16.6 Å². The number of hydrogen-bond donors (Lipinski definition) is 2. The molecule has 0 atom stereocenters. The topological polar surface area (TPSA) is 79.8 Å². The summed E-state index contributed by atoms with van der Waals surface area (Å²) in [4.78, 5) is 27.7. The summed E-state index contributed by atoms with van der Waals surface area (Å²) in [6.07, 6.45) is 1.84. The standard InChI is InChI=1S/C19H16N4O2/c1-23-19(25)15-5-3-2-4-14(15)17(22-23)11-21-18(24)13-6-7-16-12(10-13)8-9-20-16/h2-10,20H,11H2,1H3,(H,21,24). The monoisotopic (exact) mass is 332 g/mol. The van der Waals surface area contributed by atoms with Crippen LogP contribution in [0.4, 0.5) is 0 Å². The molecule has 6 heteroatoms. The Morgan fingerprint density at radius 3 is 2.80 bits per heavy atom. The van der Waals surface area contributed by atoms with Gasteiger partial charge in [-0.3, -0.25) is 9.59 Å². The van der Waals surface area contributed by atoms with E-state index in [2.05, 4.69) is 15.4 Å². The number of amides is 1. The molecule has 0 aliphatic rings. The van der Waals surface area contributed by atoms with Gasteiger partial charge in [-0.15, -0.1) is 0 Å². The van der Waals surface area contributed by atoms with Crippen LogP contribution in [0.1, 0.15) is 16.1 Å². The molecule has 2 aromatic heterocycles. The van der Waals surface area contributed by atoms with Gasteiger partial charge in [0, 0.05) is 35.1 Å². The Kier molecular flexibility index (Phi) is 3.57. The number of aromatic amines is 1. The highest BCUT2D eigenvalue weighted by molar-refractivity contribution is 5.98. The third kappa shape index (κ3) is 2.67. The van der Waals surface area contributed by atoms with E-state index >= 15 is 0 Å². The molecule has 0 spiro atoms. The fraction of sp³-hybridized carbons (Fsp3) is 0.105. The summed E-state index contributed by atoms with van der Waals surface area (Å²) in [5.74, 6) is -0.178. The first-order valence-corrected chi connectivity index (χ1v) is 7.94. The Hall–Kier alpha value is -3.41. The lowest BCUT2D eigenvalue weighted by Gasteiger charge is -2.09. The Bertz CT molecular complexity index is 1160. The zero-order chi connectivity index (χ0) is 17.4. The molecule has 4 rings (SSSR count). The second-order valence-electron chi connectivity index (χ2n) is 5.88. The van der Waals surface area contributed by atoms with Crippen molar-refractivity contribution in [3.05, 3.63) is 76.3 Å². The van der Waals surface area contributed by atoms with Gasteiger partial charge in [0.05, 0.1) is 17.6 Å². The van der Waals surface area contributed by atoms with Crippen LogP contribution in [0.15, 0.2) is 59.5 Å². The van der Waals surface area contributed by atoms with Gasteiger partial charge in [0.2, 0.25) is 0 Å². The fourth-order valence-corrected chi connectivity index (χ4v) is 2.97. The summed E-state index contributed by atoms with van der Waals surface area (Å²) in [7, 11) is 1.61. The zero-order valence-electron chi connectivity index (χ0n) is 13.6. The SMILES string of the molecule is Cn1nc(CNC(=O)c2ccc3[nH]ccc3c2)c2ccccc2c1=O. The number of rotatable bonds is 3. The second kappa shape index (κ2) is 5.90. The Labute approximate surface area is 143 Å². The minimum atomic E-state index is -0.178. The first-order chi connectivity index (χ1) is 12.1. The number of benzene rings is 2. The molecule has 25 heavy (non-hydrogen) atoms. The van der Waals surface area contributed by atoms with Crippen molar-refractivity contribution in [2.45, 2.75) is 6.54 Å². The van der Waals surface area contributed by atoms with Gasteiger partial charge >= 0.3 is 0 Å². The predicted molar refractivity (Wildman–Crippen MR) is 96.5 cm³/mol. The number of carbonyl (C=O) groups excluding carboxylic acids is 1. The van der Waals surface area contributed by atoms with Crippen LogP contribution in [-0.2, 0) is 13.6 Å². The van der Waals surface area contributed by atoms with Crippen LogP contribution in [0.5, 0.6) is 0 Å². The number of aromatic nitrogens is 3. The molecule has 0 unspecified atom stereocenters.